The normalized spacial score (nSPS) is 18.4. The fourth-order valence-electron chi connectivity index (χ4n) is 4.03. The Balaban J connectivity index is 1.34. The Morgan fingerprint density at radius 2 is 1.73 bits per heavy atom. The van der Waals surface area contributed by atoms with Gasteiger partial charge in [-0.15, -0.1) is 0 Å². The Labute approximate surface area is 153 Å². The number of hydrogen-bond donors (Lipinski definition) is 0. The predicted molar refractivity (Wildman–Crippen MR) is 98.7 cm³/mol. The van der Waals surface area contributed by atoms with Crippen molar-refractivity contribution in [3.63, 3.8) is 0 Å². The lowest BCUT2D eigenvalue weighted by Crippen LogP contribution is -2.49. The average molecular weight is 349 g/mol. The summed E-state index contributed by atoms with van der Waals surface area (Å²) < 4.78 is 0. The molecule has 0 aliphatic carbocycles. The lowest BCUT2D eigenvalue weighted by atomic mass is 9.95. The van der Waals surface area contributed by atoms with Crippen molar-refractivity contribution in [3.05, 3.63) is 65.5 Å². The molecule has 0 spiro atoms. The molecule has 2 aromatic rings. The van der Waals surface area contributed by atoms with Gasteiger partial charge in [-0.05, 0) is 42.5 Å². The van der Waals surface area contributed by atoms with Crippen LogP contribution in [0.3, 0.4) is 0 Å². The maximum absolute atomic E-state index is 12.5. The number of carbonyl (C=O) groups excluding carboxylic acids is 2. The Morgan fingerprint density at radius 3 is 2.46 bits per heavy atom. The fraction of sp³-hybridized carbons (Fsp3) is 0.381. The van der Waals surface area contributed by atoms with E-state index >= 15 is 0 Å². The second-order valence-corrected chi connectivity index (χ2v) is 7.08. The highest BCUT2D eigenvalue weighted by atomic mass is 16.2. The number of piperidine rings is 1. The average Bonchev–Trinajstić information content (AvgIpc) is 2.73. The van der Waals surface area contributed by atoms with Crippen LogP contribution in [0.25, 0.3) is 0 Å². The van der Waals surface area contributed by atoms with Gasteiger partial charge >= 0.3 is 0 Å². The number of nitrogens with zero attached hydrogens (tertiary/aromatic N) is 3. The molecule has 0 bridgehead atoms. The van der Waals surface area contributed by atoms with Crippen molar-refractivity contribution >= 4 is 11.7 Å². The minimum Gasteiger partial charge on any atom is -0.336 e. The first-order chi connectivity index (χ1) is 12.7. The van der Waals surface area contributed by atoms with E-state index in [0.717, 1.165) is 32.4 Å². The third kappa shape index (κ3) is 3.40. The van der Waals surface area contributed by atoms with Gasteiger partial charge in [0.15, 0.2) is 0 Å². The van der Waals surface area contributed by atoms with E-state index in [1.807, 2.05) is 0 Å². The van der Waals surface area contributed by atoms with E-state index in [0.29, 0.717) is 24.7 Å². The van der Waals surface area contributed by atoms with E-state index in [1.54, 1.807) is 23.2 Å². The first-order valence-electron chi connectivity index (χ1n) is 9.27. The number of rotatable bonds is 3. The van der Waals surface area contributed by atoms with E-state index in [-0.39, 0.29) is 0 Å². The second-order valence-electron chi connectivity index (χ2n) is 7.08. The molecule has 0 saturated carbocycles. The molecule has 2 aliphatic rings. The quantitative estimate of drug-likeness (QED) is 0.630. The molecule has 1 amide bonds. The molecule has 2 aliphatic heterocycles. The summed E-state index contributed by atoms with van der Waals surface area (Å²) >= 11 is 0. The molecule has 0 radical (unpaired) electrons. The van der Waals surface area contributed by atoms with Crippen LogP contribution in [0, 0.1) is 0 Å². The van der Waals surface area contributed by atoms with Crippen LogP contribution in [0.2, 0.25) is 0 Å². The molecular formula is C21H23N3O2. The van der Waals surface area contributed by atoms with Crippen molar-refractivity contribution in [1.82, 2.24) is 14.8 Å². The minimum atomic E-state index is -0.455. The number of carbonyl (C=O) groups is 2. The molecule has 26 heavy (non-hydrogen) atoms. The molecular weight excluding hydrogens is 326 g/mol. The summed E-state index contributed by atoms with van der Waals surface area (Å²) in [5, 5.41) is 0. The predicted octanol–water partition coefficient (Wildman–Crippen LogP) is 2.31. The van der Waals surface area contributed by atoms with Gasteiger partial charge in [0.25, 0.3) is 11.7 Å². The summed E-state index contributed by atoms with van der Waals surface area (Å²) in [7, 11) is 0. The van der Waals surface area contributed by atoms with Crippen LogP contribution in [0.15, 0.2) is 48.8 Å². The molecule has 3 heterocycles. The third-order valence-corrected chi connectivity index (χ3v) is 5.55. The Bertz CT molecular complexity index is 798. The van der Waals surface area contributed by atoms with Gasteiger partial charge in [-0.2, -0.15) is 0 Å². The van der Waals surface area contributed by atoms with E-state index < -0.39 is 11.7 Å². The van der Waals surface area contributed by atoms with E-state index in [9.17, 15) is 9.59 Å². The number of aromatic nitrogens is 1. The summed E-state index contributed by atoms with van der Waals surface area (Å²) in [6.07, 6.45) is 6.00. The maximum Gasteiger partial charge on any atom is 0.295 e. The number of hydrogen-bond acceptors (Lipinski definition) is 4. The summed E-state index contributed by atoms with van der Waals surface area (Å²) in [5.74, 6) is -0.858. The van der Waals surface area contributed by atoms with Gasteiger partial charge in [0.2, 0.25) is 0 Å². The molecule has 1 aromatic heterocycles. The maximum atomic E-state index is 12.5. The molecule has 0 atom stereocenters. The van der Waals surface area contributed by atoms with Gasteiger partial charge in [0, 0.05) is 50.2 Å². The monoisotopic (exact) mass is 349 g/mol. The Kier molecular flexibility index (Phi) is 4.80. The minimum absolute atomic E-state index is 0.368. The molecule has 1 saturated heterocycles. The van der Waals surface area contributed by atoms with Crippen LogP contribution in [-0.4, -0.2) is 52.2 Å². The first-order valence-corrected chi connectivity index (χ1v) is 9.27. The van der Waals surface area contributed by atoms with Crippen LogP contribution >= 0.6 is 0 Å². The number of ketones is 1. The zero-order chi connectivity index (χ0) is 17.9. The smallest absolute Gasteiger partial charge is 0.295 e. The Morgan fingerprint density at radius 1 is 0.962 bits per heavy atom. The number of likely N-dealkylation sites (tertiary alicyclic amines) is 1. The molecule has 1 aromatic carbocycles. The zero-order valence-electron chi connectivity index (χ0n) is 14.8. The molecule has 5 heteroatoms. The van der Waals surface area contributed by atoms with E-state index in [2.05, 4.69) is 34.1 Å². The van der Waals surface area contributed by atoms with Crippen LogP contribution in [0.4, 0.5) is 0 Å². The highest BCUT2D eigenvalue weighted by Crippen LogP contribution is 2.25. The second kappa shape index (κ2) is 7.38. The van der Waals surface area contributed by atoms with Gasteiger partial charge < -0.3 is 4.90 Å². The molecule has 1 fully saturated rings. The number of benzene rings is 1. The number of pyridine rings is 1. The van der Waals surface area contributed by atoms with Gasteiger partial charge in [-0.25, -0.2) is 0 Å². The van der Waals surface area contributed by atoms with Crippen molar-refractivity contribution in [1.29, 1.82) is 0 Å². The summed E-state index contributed by atoms with van der Waals surface area (Å²) in [4.78, 5) is 33.0. The van der Waals surface area contributed by atoms with Crippen molar-refractivity contribution in [3.8, 4) is 0 Å². The fourth-order valence-corrected chi connectivity index (χ4v) is 4.03. The van der Waals surface area contributed by atoms with Gasteiger partial charge in [0.1, 0.15) is 0 Å². The number of fused-ring (bicyclic) bond motifs is 1. The van der Waals surface area contributed by atoms with Crippen molar-refractivity contribution in [2.24, 2.45) is 0 Å². The van der Waals surface area contributed by atoms with Crippen LogP contribution in [0.5, 0.6) is 0 Å². The van der Waals surface area contributed by atoms with Crippen LogP contribution in [-0.2, 0) is 17.8 Å². The summed E-state index contributed by atoms with van der Waals surface area (Å²) in [6.45, 7) is 3.36. The van der Waals surface area contributed by atoms with Crippen LogP contribution in [0.1, 0.15) is 34.3 Å². The van der Waals surface area contributed by atoms with Gasteiger partial charge in [-0.1, -0.05) is 24.3 Å². The van der Waals surface area contributed by atoms with Crippen LogP contribution < -0.4 is 0 Å². The SMILES string of the molecule is O=C(C(=O)N1CCC(N2CCc3ccccc3C2)CC1)c1cccnc1. The highest BCUT2D eigenvalue weighted by Gasteiger charge is 2.31. The lowest BCUT2D eigenvalue weighted by Gasteiger charge is -2.40. The number of amides is 1. The molecule has 0 unspecified atom stereocenters. The third-order valence-electron chi connectivity index (χ3n) is 5.55. The van der Waals surface area contributed by atoms with Gasteiger partial charge in [-0.3, -0.25) is 19.5 Å². The largest absolute Gasteiger partial charge is 0.336 e. The zero-order valence-corrected chi connectivity index (χ0v) is 14.8. The topological polar surface area (TPSA) is 53.5 Å². The van der Waals surface area contributed by atoms with Crippen molar-refractivity contribution in [2.75, 3.05) is 19.6 Å². The Hall–Kier alpha value is -2.53. The molecule has 5 nitrogen and oxygen atoms in total. The summed E-state index contributed by atoms with van der Waals surface area (Å²) in [5.41, 5.74) is 3.25. The lowest BCUT2D eigenvalue weighted by molar-refractivity contribution is -0.128. The molecule has 4 rings (SSSR count). The van der Waals surface area contributed by atoms with Crippen molar-refractivity contribution in [2.45, 2.75) is 31.8 Å². The number of Topliss-reactive ketones (excluding diaryl/α,β-unsaturated/α-hetero) is 1. The van der Waals surface area contributed by atoms with Gasteiger partial charge in [0.05, 0.1) is 0 Å². The first kappa shape index (κ1) is 16.9. The molecule has 0 N–H and O–H groups in total. The van der Waals surface area contributed by atoms with E-state index in [4.69, 9.17) is 0 Å². The standard InChI is InChI=1S/C21H23N3O2/c25-20(17-6-3-10-22-14-17)21(26)23-12-8-19(9-13-23)24-11-7-16-4-1-2-5-18(16)15-24/h1-6,10,14,19H,7-9,11-13,15H2. The summed E-state index contributed by atoms with van der Waals surface area (Å²) in [6, 6.07) is 12.5. The highest BCUT2D eigenvalue weighted by molar-refractivity contribution is 6.42. The van der Waals surface area contributed by atoms with E-state index in [1.165, 1.54) is 17.3 Å². The molecule has 134 valence electrons. The van der Waals surface area contributed by atoms with Crippen molar-refractivity contribution < 1.29 is 9.59 Å².